The topological polar surface area (TPSA) is 66.0 Å². The number of ether oxygens (including phenoxy) is 1. The Hall–Kier alpha value is -2.08. The molecule has 0 bridgehead atoms. The van der Waals surface area contributed by atoms with E-state index in [4.69, 9.17) is 4.74 Å². The standard InChI is InChI=1S/C18H26N4O2/c23-18(20-16-4-2-1-3-5-16)21-19-14-15-6-8-17(9-7-15)22-10-12-24-13-11-22/h6-9,14,16H,1-5,10-13H2,(H2,20,21,23)/b19-14+. The average Bonchev–Trinajstić information content (AvgIpc) is 2.64. The van der Waals surface area contributed by atoms with Crippen molar-refractivity contribution in [3.8, 4) is 0 Å². The molecule has 2 amide bonds. The van der Waals surface area contributed by atoms with Gasteiger partial charge in [0.25, 0.3) is 0 Å². The molecule has 130 valence electrons. The first-order valence-corrected chi connectivity index (χ1v) is 8.83. The van der Waals surface area contributed by atoms with Gasteiger partial charge in [0.1, 0.15) is 0 Å². The number of morpholine rings is 1. The van der Waals surface area contributed by atoms with Crippen LogP contribution in [0.2, 0.25) is 0 Å². The van der Waals surface area contributed by atoms with Gasteiger partial charge in [0.15, 0.2) is 0 Å². The predicted molar refractivity (Wildman–Crippen MR) is 95.6 cm³/mol. The summed E-state index contributed by atoms with van der Waals surface area (Å²) in [4.78, 5) is 14.1. The number of amides is 2. The summed E-state index contributed by atoms with van der Waals surface area (Å²) < 4.78 is 5.37. The van der Waals surface area contributed by atoms with Crippen molar-refractivity contribution < 1.29 is 9.53 Å². The summed E-state index contributed by atoms with van der Waals surface area (Å²) in [6.07, 6.45) is 7.48. The molecule has 24 heavy (non-hydrogen) atoms. The van der Waals surface area contributed by atoms with E-state index in [1.165, 1.54) is 24.9 Å². The Morgan fingerprint density at radius 2 is 1.83 bits per heavy atom. The highest BCUT2D eigenvalue weighted by Gasteiger charge is 2.15. The summed E-state index contributed by atoms with van der Waals surface area (Å²) in [7, 11) is 0. The predicted octanol–water partition coefficient (Wildman–Crippen LogP) is 2.49. The highest BCUT2D eigenvalue weighted by Crippen LogP contribution is 2.17. The first kappa shape index (κ1) is 16.8. The van der Waals surface area contributed by atoms with E-state index in [9.17, 15) is 4.79 Å². The van der Waals surface area contributed by atoms with Gasteiger partial charge in [-0.3, -0.25) is 0 Å². The molecule has 2 aliphatic rings. The van der Waals surface area contributed by atoms with E-state index in [0.717, 1.165) is 44.7 Å². The Morgan fingerprint density at radius 3 is 2.54 bits per heavy atom. The van der Waals surface area contributed by atoms with Gasteiger partial charge in [0.05, 0.1) is 19.4 Å². The minimum atomic E-state index is -0.219. The van der Waals surface area contributed by atoms with Gasteiger partial charge >= 0.3 is 6.03 Å². The maximum atomic E-state index is 11.8. The number of hydrazone groups is 1. The lowest BCUT2D eigenvalue weighted by Gasteiger charge is -2.28. The largest absolute Gasteiger partial charge is 0.378 e. The molecule has 1 saturated carbocycles. The Bertz CT molecular complexity index is 547. The lowest BCUT2D eigenvalue weighted by Crippen LogP contribution is -2.41. The normalized spacial score (nSPS) is 19.4. The van der Waals surface area contributed by atoms with Crippen molar-refractivity contribution in [2.24, 2.45) is 5.10 Å². The highest BCUT2D eigenvalue weighted by atomic mass is 16.5. The van der Waals surface area contributed by atoms with Crippen LogP contribution in [0, 0.1) is 0 Å². The van der Waals surface area contributed by atoms with E-state index in [1.807, 2.05) is 12.1 Å². The van der Waals surface area contributed by atoms with E-state index in [2.05, 4.69) is 32.9 Å². The number of carbonyl (C=O) groups is 1. The number of urea groups is 1. The number of anilines is 1. The van der Waals surface area contributed by atoms with E-state index in [0.29, 0.717) is 6.04 Å². The molecule has 1 heterocycles. The fourth-order valence-corrected chi connectivity index (χ4v) is 3.22. The zero-order chi connectivity index (χ0) is 16.6. The van der Waals surface area contributed by atoms with Crippen molar-refractivity contribution in [1.29, 1.82) is 0 Å². The highest BCUT2D eigenvalue weighted by molar-refractivity contribution is 5.82. The molecule has 1 aromatic carbocycles. The number of carbonyl (C=O) groups excluding carboxylic acids is 1. The molecule has 0 aromatic heterocycles. The van der Waals surface area contributed by atoms with Crippen LogP contribution in [0.5, 0.6) is 0 Å². The molecule has 1 aliphatic carbocycles. The van der Waals surface area contributed by atoms with Gasteiger partial charge in [-0.2, -0.15) is 5.10 Å². The number of rotatable bonds is 4. The molecule has 1 aromatic rings. The zero-order valence-electron chi connectivity index (χ0n) is 14.0. The average molecular weight is 330 g/mol. The van der Waals surface area contributed by atoms with Crippen molar-refractivity contribution in [3.05, 3.63) is 29.8 Å². The molecule has 0 atom stereocenters. The third-order valence-corrected chi connectivity index (χ3v) is 4.59. The number of nitrogens with zero attached hydrogens (tertiary/aromatic N) is 2. The van der Waals surface area contributed by atoms with Gasteiger partial charge in [0, 0.05) is 24.8 Å². The second kappa shape index (κ2) is 8.68. The van der Waals surface area contributed by atoms with Crippen molar-refractivity contribution >= 4 is 17.9 Å². The van der Waals surface area contributed by atoms with Gasteiger partial charge in [-0.15, -0.1) is 0 Å². The van der Waals surface area contributed by atoms with Crippen LogP contribution in [0.1, 0.15) is 37.7 Å². The number of hydrogen-bond acceptors (Lipinski definition) is 4. The molecule has 0 spiro atoms. The molecular formula is C18H26N4O2. The maximum absolute atomic E-state index is 11.8. The van der Waals surface area contributed by atoms with Crippen LogP contribution in [0.15, 0.2) is 29.4 Å². The third-order valence-electron chi connectivity index (χ3n) is 4.59. The van der Waals surface area contributed by atoms with Crippen LogP contribution in [0.3, 0.4) is 0 Å². The van der Waals surface area contributed by atoms with Gasteiger partial charge in [-0.25, -0.2) is 10.2 Å². The van der Waals surface area contributed by atoms with Crippen LogP contribution in [0.4, 0.5) is 10.5 Å². The first-order valence-electron chi connectivity index (χ1n) is 8.83. The summed E-state index contributed by atoms with van der Waals surface area (Å²) in [5.41, 5.74) is 4.70. The van der Waals surface area contributed by atoms with Crippen molar-refractivity contribution in [1.82, 2.24) is 10.7 Å². The number of nitrogens with one attached hydrogen (secondary N) is 2. The van der Waals surface area contributed by atoms with Crippen LogP contribution < -0.4 is 15.6 Å². The second-order valence-corrected chi connectivity index (χ2v) is 6.37. The van der Waals surface area contributed by atoms with Gasteiger partial charge in [-0.05, 0) is 30.5 Å². The lowest BCUT2D eigenvalue weighted by atomic mass is 9.96. The van der Waals surface area contributed by atoms with E-state index >= 15 is 0 Å². The molecule has 2 N–H and O–H groups in total. The lowest BCUT2D eigenvalue weighted by molar-refractivity contribution is 0.122. The molecule has 1 aliphatic heterocycles. The third kappa shape index (κ3) is 4.96. The SMILES string of the molecule is O=C(N/N=C/c1ccc(N2CCOCC2)cc1)NC1CCCCC1. The molecule has 3 rings (SSSR count). The molecule has 6 nitrogen and oxygen atoms in total. The van der Waals surface area contributed by atoms with Gasteiger partial charge in [0.2, 0.25) is 0 Å². The van der Waals surface area contributed by atoms with Crippen LogP contribution in [-0.2, 0) is 4.74 Å². The maximum Gasteiger partial charge on any atom is 0.335 e. The summed E-state index contributed by atoms with van der Waals surface area (Å²) in [5, 5.41) is 7.00. The quantitative estimate of drug-likeness (QED) is 0.658. The Labute approximate surface area is 143 Å². The molecule has 2 fully saturated rings. The van der Waals surface area contributed by atoms with Crippen LogP contribution in [-0.4, -0.2) is 44.6 Å². The Balaban J connectivity index is 1.44. The number of hydrogen-bond donors (Lipinski definition) is 2. The summed E-state index contributed by atoms with van der Waals surface area (Å²) in [6.45, 7) is 3.42. The van der Waals surface area contributed by atoms with Gasteiger partial charge < -0.3 is 15.0 Å². The van der Waals surface area contributed by atoms with Crippen LogP contribution in [0.25, 0.3) is 0 Å². The Kier molecular flexibility index (Phi) is 6.07. The fourth-order valence-electron chi connectivity index (χ4n) is 3.22. The fraction of sp³-hybridized carbons (Fsp3) is 0.556. The van der Waals surface area contributed by atoms with E-state index in [-0.39, 0.29) is 6.03 Å². The molecule has 6 heteroatoms. The monoisotopic (exact) mass is 330 g/mol. The zero-order valence-corrected chi connectivity index (χ0v) is 14.0. The molecule has 0 radical (unpaired) electrons. The summed E-state index contributed by atoms with van der Waals surface area (Å²) >= 11 is 0. The molecular weight excluding hydrogens is 304 g/mol. The number of benzene rings is 1. The Morgan fingerprint density at radius 1 is 1.12 bits per heavy atom. The van der Waals surface area contributed by atoms with E-state index in [1.54, 1.807) is 6.21 Å². The van der Waals surface area contributed by atoms with Crippen molar-refractivity contribution in [2.45, 2.75) is 38.1 Å². The minimum absolute atomic E-state index is 0.219. The van der Waals surface area contributed by atoms with Crippen LogP contribution >= 0.6 is 0 Å². The first-order chi connectivity index (χ1) is 11.8. The summed E-state index contributed by atoms with van der Waals surface area (Å²) in [5.74, 6) is 0. The summed E-state index contributed by atoms with van der Waals surface area (Å²) in [6, 6.07) is 8.25. The van der Waals surface area contributed by atoms with E-state index < -0.39 is 0 Å². The van der Waals surface area contributed by atoms with Gasteiger partial charge in [-0.1, -0.05) is 31.4 Å². The van der Waals surface area contributed by atoms with Crippen molar-refractivity contribution in [2.75, 3.05) is 31.2 Å². The molecule has 1 saturated heterocycles. The van der Waals surface area contributed by atoms with Crippen molar-refractivity contribution in [3.63, 3.8) is 0 Å². The molecule has 0 unspecified atom stereocenters. The second-order valence-electron chi connectivity index (χ2n) is 6.37. The smallest absolute Gasteiger partial charge is 0.335 e. The minimum Gasteiger partial charge on any atom is -0.378 e.